The Morgan fingerprint density at radius 2 is 2.00 bits per heavy atom. The van der Waals surface area contributed by atoms with Crippen LogP contribution in [0.2, 0.25) is 0 Å². The molecule has 120 valence electrons. The molecule has 0 aromatic heterocycles. The molecule has 1 fully saturated rings. The van der Waals surface area contributed by atoms with Crippen LogP contribution in [-0.4, -0.2) is 53.6 Å². The number of nitrogens with one attached hydrogen (secondary N) is 2. The number of amides is 3. The minimum atomic E-state index is -0.944. The number of nitrogens with zero attached hydrogens (tertiary/aromatic N) is 1. The largest absolute Gasteiger partial charge is 0.481 e. The van der Waals surface area contributed by atoms with Crippen LogP contribution in [0.3, 0.4) is 0 Å². The van der Waals surface area contributed by atoms with Crippen molar-refractivity contribution >= 4 is 17.9 Å². The zero-order valence-electron chi connectivity index (χ0n) is 12.9. The molecule has 1 heterocycles. The van der Waals surface area contributed by atoms with Gasteiger partial charge in [-0.05, 0) is 32.7 Å². The van der Waals surface area contributed by atoms with Crippen LogP contribution in [0.5, 0.6) is 0 Å². The predicted molar refractivity (Wildman–Crippen MR) is 77.8 cm³/mol. The minimum absolute atomic E-state index is 0.0313. The van der Waals surface area contributed by atoms with Gasteiger partial charge in [-0.3, -0.25) is 14.9 Å². The molecule has 0 saturated carbocycles. The summed E-state index contributed by atoms with van der Waals surface area (Å²) < 4.78 is 0. The van der Waals surface area contributed by atoms with Gasteiger partial charge in [0.1, 0.15) is 0 Å². The number of rotatable bonds is 5. The van der Waals surface area contributed by atoms with Crippen LogP contribution in [-0.2, 0) is 9.59 Å². The molecular weight excluding hydrogens is 274 g/mol. The maximum Gasteiger partial charge on any atom is 0.321 e. The van der Waals surface area contributed by atoms with Gasteiger partial charge in [0, 0.05) is 31.5 Å². The molecule has 0 aromatic carbocycles. The van der Waals surface area contributed by atoms with Crippen molar-refractivity contribution in [2.24, 2.45) is 5.92 Å². The normalized spacial score (nSPS) is 24.1. The van der Waals surface area contributed by atoms with Gasteiger partial charge in [0.15, 0.2) is 0 Å². The fraction of sp³-hybridized carbons (Fsp3) is 0.786. The van der Waals surface area contributed by atoms with Crippen molar-refractivity contribution in [3.63, 3.8) is 0 Å². The number of carbonyl (C=O) groups excluding carboxylic acids is 2. The zero-order valence-corrected chi connectivity index (χ0v) is 12.9. The molecule has 21 heavy (non-hydrogen) atoms. The fourth-order valence-corrected chi connectivity index (χ4v) is 2.51. The van der Waals surface area contributed by atoms with E-state index in [1.54, 1.807) is 6.92 Å². The number of imide groups is 1. The summed E-state index contributed by atoms with van der Waals surface area (Å²) in [5, 5.41) is 13.7. The first-order valence-electron chi connectivity index (χ1n) is 7.30. The van der Waals surface area contributed by atoms with Crippen molar-refractivity contribution in [2.75, 3.05) is 13.6 Å². The summed E-state index contributed by atoms with van der Waals surface area (Å²) in [4.78, 5) is 36.1. The molecule has 3 atom stereocenters. The van der Waals surface area contributed by atoms with Gasteiger partial charge in [-0.2, -0.15) is 0 Å². The van der Waals surface area contributed by atoms with E-state index in [1.807, 2.05) is 7.05 Å². The lowest BCUT2D eigenvalue weighted by Crippen LogP contribution is -2.50. The molecule has 3 amide bonds. The average Bonchev–Trinajstić information content (AvgIpc) is 2.32. The second-order valence-electron chi connectivity index (χ2n) is 5.98. The van der Waals surface area contributed by atoms with Crippen LogP contribution in [0.1, 0.15) is 39.5 Å². The molecule has 3 unspecified atom stereocenters. The molecule has 0 aromatic rings. The van der Waals surface area contributed by atoms with Gasteiger partial charge < -0.3 is 15.3 Å². The van der Waals surface area contributed by atoms with E-state index >= 15 is 0 Å². The van der Waals surface area contributed by atoms with Crippen LogP contribution >= 0.6 is 0 Å². The van der Waals surface area contributed by atoms with E-state index in [-0.39, 0.29) is 24.8 Å². The van der Waals surface area contributed by atoms with Crippen LogP contribution in [0.25, 0.3) is 0 Å². The quantitative estimate of drug-likeness (QED) is 0.697. The van der Waals surface area contributed by atoms with Crippen molar-refractivity contribution in [3.8, 4) is 0 Å². The smallest absolute Gasteiger partial charge is 0.321 e. The zero-order chi connectivity index (χ0) is 16.0. The van der Waals surface area contributed by atoms with Gasteiger partial charge in [-0.1, -0.05) is 6.92 Å². The molecule has 7 nitrogen and oxygen atoms in total. The number of likely N-dealkylation sites (tertiary alicyclic amines) is 1. The number of urea groups is 1. The maximum atomic E-state index is 11.7. The van der Waals surface area contributed by atoms with Crippen LogP contribution in [0, 0.1) is 5.92 Å². The third-order valence-electron chi connectivity index (χ3n) is 3.85. The summed E-state index contributed by atoms with van der Waals surface area (Å²) in [5.41, 5.74) is 0. The van der Waals surface area contributed by atoms with Crippen molar-refractivity contribution in [2.45, 2.75) is 51.6 Å². The first-order valence-corrected chi connectivity index (χ1v) is 7.30. The van der Waals surface area contributed by atoms with Gasteiger partial charge in [0.05, 0.1) is 0 Å². The number of carbonyl (C=O) groups is 3. The third kappa shape index (κ3) is 6.57. The topological polar surface area (TPSA) is 98.7 Å². The van der Waals surface area contributed by atoms with Gasteiger partial charge in [0.2, 0.25) is 5.91 Å². The molecule has 0 radical (unpaired) electrons. The van der Waals surface area contributed by atoms with Crippen molar-refractivity contribution in [1.29, 1.82) is 0 Å². The van der Waals surface area contributed by atoms with Crippen molar-refractivity contribution in [1.82, 2.24) is 15.5 Å². The first kappa shape index (κ1) is 17.4. The molecule has 0 aliphatic carbocycles. The Balaban J connectivity index is 2.30. The van der Waals surface area contributed by atoms with Gasteiger partial charge >= 0.3 is 12.0 Å². The van der Waals surface area contributed by atoms with Crippen LogP contribution in [0.4, 0.5) is 4.79 Å². The molecule has 1 aliphatic heterocycles. The minimum Gasteiger partial charge on any atom is -0.481 e. The number of hydrogen-bond donors (Lipinski definition) is 3. The Morgan fingerprint density at radius 3 is 2.57 bits per heavy atom. The highest BCUT2D eigenvalue weighted by atomic mass is 16.4. The summed E-state index contributed by atoms with van der Waals surface area (Å²) in [6.45, 7) is 4.68. The Morgan fingerprint density at radius 1 is 1.33 bits per heavy atom. The van der Waals surface area contributed by atoms with E-state index in [0.717, 1.165) is 19.4 Å². The summed E-state index contributed by atoms with van der Waals surface area (Å²) in [6, 6.07) is -0.0277. The SMILES string of the molecule is CC(CC(=O)O)CC(=O)NC(=O)NC1CCN(C)C(C)C1. The Bertz CT molecular complexity index is 400. The fourth-order valence-electron chi connectivity index (χ4n) is 2.51. The Hall–Kier alpha value is -1.63. The summed E-state index contributed by atoms with van der Waals surface area (Å²) in [7, 11) is 2.05. The van der Waals surface area contributed by atoms with Gasteiger partial charge in [-0.15, -0.1) is 0 Å². The summed E-state index contributed by atoms with van der Waals surface area (Å²) in [6.07, 6.45) is 1.66. The van der Waals surface area contributed by atoms with Crippen LogP contribution in [0.15, 0.2) is 0 Å². The summed E-state index contributed by atoms with van der Waals surface area (Å²) >= 11 is 0. The predicted octanol–water partition coefficient (Wildman–Crippen LogP) is 0.796. The number of carboxylic acid groups (broad SMARTS) is 1. The maximum absolute atomic E-state index is 11.7. The number of carboxylic acids is 1. The second kappa shape index (κ2) is 7.97. The van der Waals surface area contributed by atoms with E-state index in [4.69, 9.17) is 5.11 Å². The van der Waals surface area contributed by atoms with Crippen molar-refractivity contribution < 1.29 is 19.5 Å². The van der Waals surface area contributed by atoms with Gasteiger partial charge in [0.25, 0.3) is 0 Å². The molecule has 0 bridgehead atoms. The van der Waals surface area contributed by atoms with E-state index in [1.165, 1.54) is 0 Å². The Labute approximate surface area is 125 Å². The molecular formula is C14H25N3O4. The molecule has 0 spiro atoms. The van der Waals surface area contributed by atoms with E-state index in [2.05, 4.69) is 22.5 Å². The summed E-state index contributed by atoms with van der Waals surface area (Å²) in [5.74, 6) is -1.68. The highest BCUT2D eigenvalue weighted by Crippen LogP contribution is 2.15. The lowest BCUT2D eigenvalue weighted by Gasteiger charge is -2.35. The van der Waals surface area contributed by atoms with Crippen LogP contribution < -0.4 is 10.6 Å². The Kier molecular flexibility index (Phi) is 6.61. The lowest BCUT2D eigenvalue weighted by molar-refractivity contribution is -0.138. The molecule has 1 saturated heterocycles. The molecule has 1 rings (SSSR count). The lowest BCUT2D eigenvalue weighted by atomic mass is 9.99. The monoisotopic (exact) mass is 299 g/mol. The first-order chi connectivity index (χ1) is 9.77. The van der Waals surface area contributed by atoms with Gasteiger partial charge in [-0.25, -0.2) is 4.79 Å². The van der Waals surface area contributed by atoms with E-state index < -0.39 is 17.9 Å². The highest BCUT2D eigenvalue weighted by molar-refractivity contribution is 5.94. The highest BCUT2D eigenvalue weighted by Gasteiger charge is 2.24. The molecule has 3 N–H and O–H groups in total. The number of hydrogen-bond acceptors (Lipinski definition) is 4. The second-order valence-corrected chi connectivity index (χ2v) is 5.98. The number of aliphatic carboxylic acids is 1. The standard InChI is InChI=1S/C14H25N3O4/c1-9(7-13(19)20)6-12(18)16-14(21)15-11-4-5-17(3)10(2)8-11/h9-11H,4-8H2,1-3H3,(H,19,20)(H2,15,16,18,21). The molecule has 7 heteroatoms. The van der Waals surface area contributed by atoms with E-state index in [9.17, 15) is 14.4 Å². The third-order valence-corrected chi connectivity index (χ3v) is 3.85. The van der Waals surface area contributed by atoms with E-state index in [0.29, 0.717) is 6.04 Å². The van der Waals surface area contributed by atoms with Crippen molar-refractivity contribution in [3.05, 3.63) is 0 Å². The number of piperidine rings is 1. The molecule has 1 aliphatic rings. The average molecular weight is 299 g/mol.